The van der Waals surface area contributed by atoms with E-state index in [0.29, 0.717) is 50.6 Å². The topological polar surface area (TPSA) is 75.1 Å². The van der Waals surface area contributed by atoms with Crippen molar-refractivity contribution in [3.8, 4) is 16.2 Å². The quantitative estimate of drug-likeness (QED) is 0.757. The Morgan fingerprint density at radius 1 is 1.32 bits per heavy atom. The monoisotopic (exact) mass is 409 g/mol. The van der Waals surface area contributed by atoms with Crippen LogP contribution in [0, 0.1) is 5.82 Å². The molecule has 0 spiro atoms. The number of amides is 1. The van der Waals surface area contributed by atoms with Crippen molar-refractivity contribution in [3.63, 3.8) is 0 Å². The number of β-amino-alcohol motifs (C(OH)–C–C–N with tert-alkyl or cyclic N) is 1. The highest BCUT2D eigenvalue weighted by molar-refractivity contribution is 7.13. The Kier molecular flexibility index (Phi) is 7.18. The van der Waals surface area contributed by atoms with Crippen molar-refractivity contribution < 1.29 is 23.8 Å². The van der Waals surface area contributed by atoms with Gasteiger partial charge < -0.3 is 19.5 Å². The molecule has 1 atom stereocenters. The number of hydrogen-bond acceptors (Lipinski definition) is 7. The van der Waals surface area contributed by atoms with Gasteiger partial charge >= 0.3 is 6.09 Å². The third-order valence-electron chi connectivity index (χ3n) is 4.40. The molecule has 0 saturated carbocycles. The maximum Gasteiger partial charge on any atom is 0.409 e. The average molecular weight is 409 g/mol. The summed E-state index contributed by atoms with van der Waals surface area (Å²) in [6, 6.07) is 4.47. The number of piperazine rings is 1. The minimum Gasteiger partial charge on any atom is -0.491 e. The van der Waals surface area contributed by atoms with Gasteiger partial charge in [-0.15, -0.1) is 11.3 Å². The summed E-state index contributed by atoms with van der Waals surface area (Å²) in [6.07, 6.45) is 0.659. The van der Waals surface area contributed by atoms with Crippen molar-refractivity contribution in [2.24, 2.45) is 0 Å². The van der Waals surface area contributed by atoms with Crippen LogP contribution < -0.4 is 4.74 Å². The first kappa shape index (κ1) is 20.5. The van der Waals surface area contributed by atoms with Gasteiger partial charge in [-0.05, 0) is 24.6 Å². The van der Waals surface area contributed by atoms with Gasteiger partial charge in [-0.1, -0.05) is 0 Å². The van der Waals surface area contributed by atoms with E-state index in [2.05, 4.69) is 9.88 Å². The number of nitrogens with zero attached hydrogens (tertiary/aromatic N) is 3. The van der Waals surface area contributed by atoms with Crippen molar-refractivity contribution in [3.05, 3.63) is 35.7 Å². The van der Waals surface area contributed by atoms with Crippen LogP contribution in [-0.2, 0) is 4.74 Å². The molecule has 2 heterocycles. The second kappa shape index (κ2) is 9.81. The third kappa shape index (κ3) is 5.63. The molecule has 1 aromatic carbocycles. The van der Waals surface area contributed by atoms with Crippen LogP contribution in [0.2, 0.25) is 0 Å². The zero-order valence-electron chi connectivity index (χ0n) is 15.7. The Morgan fingerprint density at radius 3 is 2.79 bits per heavy atom. The molecule has 7 nitrogen and oxygen atoms in total. The van der Waals surface area contributed by atoms with E-state index in [-0.39, 0.29) is 12.7 Å². The van der Waals surface area contributed by atoms with Gasteiger partial charge in [0.25, 0.3) is 0 Å². The van der Waals surface area contributed by atoms with Gasteiger partial charge in [0.1, 0.15) is 24.3 Å². The number of ether oxygens (including phenoxy) is 2. The van der Waals surface area contributed by atoms with Crippen LogP contribution in [0.1, 0.15) is 6.92 Å². The van der Waals surface area contributed by atoms with Crippen LogP contribution in [0.25, 0.3) is 10.4 Å². The first-order chi connectivity index (χ1) is 13.5. The summed E-state index contributed by atoms with van der Waals surface area (Å²) < 4.78 is 24.5. The highest BCUT2D eigenvalue weighted by Crippen LogP contribution is 2.28. The number of thiazole rings is 1. The molecule has 1 aliphatic rings. The molecule has 1 N–H and O–H groups in total. The third-order valence-corrected chi connectivity index (χ3v) is 5.22. The van der Waals surface area contributed by atoms with Gasteiger partial charge in [0.15, 0.2) is 0 Å². The number of aliphatic hydroxyl groups excluding tert-OH is 1. The van der Waals surface area contributed by atoms with E-state index in [4.69, 9.17) is 9.47 Å². The van der Waals surface area contributed by atoms with Gasteiger partial charge in [-0.2, -0.15) is 0 Å². The smallest absolute Gasteiger partial charge is 0.409 e. The standard InChI is InChI=1S/C19H24FN3O4S/c1-2-26-19(25)23-5-3-22(4-6-23)11-16(24)12-27-17-8-14(7-15(20)9-17)18-10-21-13-28-18/h7-10,13,16,24H,2-6,11-12H2,1H3. The van der Waals surface area contributed by atoms with Crippen molar-refractivity contribution in [1.82, 2.24) is 14.8 Å². The van der Waals surface area contributed by atoms with Crippen molar-refractivity contribution in [1.29, 1.82) is 0 Å². The summed E-state index contributed by atoms with van der Waals surface area (Å²) in [6.45, 7) is 5.07. The largest absolute Gasteiger partial charge is 0.491 e. The Hall–Kier alpha value is -2.23. The van der Waals surface area contributed by atoms with E-state index in [0.717, 1.165) is 4.88 Å². The number of rotatable bonds is 7. The van der Waals surface area contributed by atoms with E-state index in [9.17, 15) is 14.3 Å². The Bertz CT molecular complexity index is 767. The molecule has 1 saturated heterocycles. The van der Waals surface area contributed by atoms with E-state index >= 15 is 0 Å². The molecule has 152 valence electrons. The number of hydrogen-bond donors (Lipinski definition) is 1. The number of aliphatic hydroxyl groups is 1. The zero-order valence-corrected chi connectivity index (χ0v) is 16.5. The van der Waals surface area contributed by atoms with Crippen LogP contribution in [0.15, 0.2) is 29.9 Å². The van der Waals surface area contributed by atoms with Crippen LogP contribution in [0.5, 0.6) is 5.75 Å². The van der Waals surface area contributed by atoms with Crippen LogP contribution in [0.4, 0.5) is 9.18 Å². The molecule has 28 heavy (non-hydrogen) atoms. The fraction of sp³-hybridized carbons (Fsp3) is 0.474. The van der Waals surface area contributed by atoms with E-state index in [1.54, 1.807) is 29.6 Å². The number of halogens is 1. The highest BCUT2D eigenvalue weighted by atomic mass is 32.1. The molecule has 0 bridgehead atoms. The number of benzene rings is 1. The maximum absolute atomic E-state index is 13.9. The van der Waals surface area contributed by atoms with Crippen molar-refractivity contribution in [2.75, 3.05) is 45.9 Å². The molecule has 0 radical (unpaired) electrons. The van der Waals surface area contributed by atoms with Crippen molar-refractivity contribution in [2.45, 2.75) is 13.0 Å². The molecule has 9 heteroatoms. The summed E-state index contributed by atoms with van der Waals surface area (Å²) in [7, 11) is 0. The van der Waals surface area contributed by atoms with E-state index in [1.807, 2.05) is 0 Å². The molecular weight excluding hydrogens is 385 g/mol. The maximum atomic E-state index is 13.9. The Morgan fingerprint density at radius 2 is 2.11 bits per heavy atom. The van der Waals surface area contributed by atoms with Gasteiger partial charge in [0, 0.05) is 45.0 Å². The van der Waals surface area contributed by atoms with E-state index in [1.165, 1.54) is 23.5 Å². The molecular formula is C19H24FN3O4S. The fourth-order valence-corrected chi connectivity index (χ4v) is 3.63. The normalized spacial score (nSPS) is 16.0. The summed E-state index contributed by atoms with van der Waals surface area (Å²) in [5.74, 6) is -0.0277. The minimum absolute atomic E-state index is 0.0592. The predicted molar refractivity (Wildman–Crippen MR) is 104 cm³/mol. The minimum atomic E-state index is -0.718. The average Bonchev–Trinajstić information content (AvgIpc) is 3.22. The molecule has 3 rings (SSSR count). The van der Waals surface area contributed by atoms with Crippen LogP contribution in [0.3, 0.4) is 0 Å². The molecule has 1 aliphatic heterocycles. The Labute approximate surface area is 167 Å². The molecule has 2 aromatic rings. The summed E-state index contributed by atoms with van der Waals surface area (Å²) in [5, 5.41) is 10.3. The van der Waals surface area contributed by atoms with Crippen molar-refractivity contribution >= 4 is 17.4 Å². The fourth-order valence-electron chi connectivity index (χ4n) is 3.02. The number of aromatic nitrogens is 1. The van der Waals surface area contributed by atoms with E-state index < -0.39 is 11.9 Å². The molecule has 0 aliphatic carbocycles. The predicted octanol–water partition coefficient (Wildman–Crippen LogP) is 2.46. The second-order valence-corrected chi connectivity index (χ2v) is 7.38. The first-order valence-corrected chi connectivity index (χ1v) is 10.1. The highest BCUT2D eigenvalue weighted by Gasteiger charge is 2.23. The second-order valence-electron chi connectivity index (χ2n) is 6.49. The summed E-state index contributed by atoms with van der Waals surface area (Å²) >= 11 is 1.42. The van der Waals surface area contributed by atoms with Crippen LogP contribution in [-0.4, -0.2) is 78.0 Å². The first-order valence-electron chi connectivity index (χ1n) is 9.19. The summed E-state index contributed by atoms with van der Waals surface area (Å²) in [4.78, 5) is 20.3. The van der Waals surface area contributed by atoms with Gasteiger partial charge in [0.2, 0.25) is 0 Å². The lowest BCUT2D eigenvalue weighted by Gasteiger charge is -2.34. The lowest BCUT2D eigenvalue weighted by molar-refractivity contribution is 0.0407. The molecule has 1 amide bonds. The van der Waals surface area contributed by atoms with Crippen LogP contribution >= 0.6 is 11.3 Å². The molecule has 1 fully saturated rings. The lowest BCUT2D eigenvalue weighted by Crippen LogP contribution is -2.51. The summed E-state index contributed by atoms with van der Waals surface area (Å²) in [5.41, 5.74) is 2.38. The van der Waals surface area contributed by atoms with Gasteiger partial charge in [-0.3, -0.25) is 9.88 Å². The molecule has 1 unspecified atom stereocenters. The van der Waals surface area contributed by atoms with Gasteiger partial charge in [-0.25, -0.2) is 9.18 Å². The Balaban J connectivity index is 1.46. The molecule has 1 aromatic heterocycles. The number of carbonyl (C=O) groups is 1. The van der Waals surface area contributed by atoms with Gasteiger partial charge in [0.05, 0.1) is 17.0 Å². The number of carbonyl (C=O) groups excluding carboxylic acids is 1. The zero-order chi connectivity index (χ0) is 19.9. The lowest BCUT2D eigenvalue weighted by atomic mass is 10.2. The SMILES string of the molecule is CCOC(=O)N1CCN(CC(O)COc2cc(F)cc(-c3cncs3)c2)CC1.